The average Bonchev–Trinajstić information content (AvgIpc) is 2.21. The second kappa shape index (κ2) is 6.80. The van der Waals surface area contributed by atoms with Crippen molar-refractivity contribution in [1.82, 2.24) is 0 Å². The molecular formula is C12H13NaO. The zero-order valence-electron chi connectivity index (χ0n) is 7.27. The van der Waals surface area contributed by atoms with Crippen molar-refractivity contribution in [2.75, 3.05) is 0 Å². The van der Waals surface area contributed by atoms with E-state index in [2.05, 4.69) is 48.5 Å². The summed E-state index contributed by atoms with van der Waals surface area (Å²) >= 11 is 0. The molecule has 2 aromatic carbocycles. The first-order valence-electron chi connectivity index (χ1n) is 4.07. The van der Waals surface area contributed by atoms with Crippen molar-refractivity contribution in [3.8, 4) is 11.1 Å². The fourth-order valence-electron chi connectivity index (χ4n) is 1.26. The molecule has 2 aromatic rings. The summed E-state index contributed by atoms with van der Waals surface area (Å²) in [5.41, 5.74) is 2.55. The Balaban J connectivity index is 0.000000845. The third-order valence-electron chi connectivity index (χ3n) is 1.88. The Hall–Kier alpha value is -0.600. The van der Waals surface area contributed by atoms with Crippen LogP contribution < -0.4 is 0 Å². The van der Waals surface area contributed by atoms with E-state index in [-0.39, 0.29) is 35.0 Å². The molecule has 0 aliphatic rings. The Morgan fingerprint density at radius 3 is 1.07 bits per heavy atom. The smallest absolute Gasteiger partial charge is 0.0184 e. The summed E-state index contributed by atoms with van der Waals surface area (Å²) < 4.78 is 0. The Morgan fingerprint density at radius 2 is 0.786 bits per heavy atom. The molecule has 0 radical (unpaired) electrons. The Morgan fingerprint density at radius 1 is 0.500 bits per heavy atom. The minimum absolute atomic E-state index is 0. The van der Waals surface area contributed by atoms with Crippen LogP contribution in [-0.4, -0.2) is 35.0 Å². The van der Waals surface area contributed by atoms with Crippen LogP contribution in [0.4, 0.5) is 0 Å². The van der Waals surface area contributed by atoms with Crippen molar-refractivity contribution < 1.29 is 5.48 Å². The van der Waals surface area contributed by atoms with Crippen LogP contribution in [0.25, 0.3) is 11.1 Å². The van der Waals surface area contributed by atoms with Crippen molar-refractivity contribution in [2.45, 2.75) is 0 Å². The molecule has 0 bridgehead atoms. The molecule has 68 valence electrons. The van der Waals surface area contributed by atoms with Gasteiger partial charge in [-0.1, -0.05) is 60.7 Å². The molecule has 0 saturated heterocycles. The fraction of sp³-hybridized carbons (Fsp3) is 0. The van der Waals surface area contributed by atoms with Crippen molar-refractivity contribution >= 4 is 29.6 Å². The minimum atomic E-state index is 0. The minimum Gasteiger partial charge on any atom is -0.0622 e. The molecule has 0 fully saturated rings. The van der Waals surface area contributed by atoms with Crippen LogP contribution >= 0.6 is 0 Å². The van der Waals surface area contributed by atoms with Crippen LogP contribution in [0.2, 0.25) is 0 Å². The molecule has 0 atom stereocenters. The number of rotatable bonds is 1. The summed E-state index contributed by atoms with van der Waals surface area (Å²) in [6, 6.07) is 20.8. The molecule has 0 saturated carbocycles. The average molecular weight is 196 g/mol. The summed E-state index contributed by atoms with van der Waals surface area (Å²) in [5, 5.41) is 0. The molecule has 0 aliphatic carbocycles. The van der Waals surface area contributed by atoms with Crippen molar-refractivity contribution in [3.63, 3.8) is 0 Å². The van der Waals surface area contributed by atoms with Gasteiger partial charge in [-0.05, 0) is 11.1 Å². The standard InChI is InChI=1S/C12H10.Na.H2O.H/c1-3-7-11(8-4-1)12-9-5-2-6-10-12;;;/h1-10H;;1H2;. The first-order valence-corrected chi connectivity index (χ1v) is 4.07. The van der Waals surface area contributed by atoms with Gasteiger partial charge in [0.15, 0.2) is 0 Å². The van der Waals surface area contributed by atoms with E-state index in [1.54, 1.807) is 0 Å². The van der Waals surface area contributed by atoms with E-state index in [0.717, 1.165) is 0 Å². The molecule has 1 nitrogen and oxygen atoms in total. The molecule has 2 rings (SSSR count). The molecule has 2 heteroatoms. The summed E-state index contributed by atoms with van der Waals surface area (Å²) in [5.74, 6) is 0. The summed E-state index contributed by atoms with van der Waals surface area (Å²) in [7, 11) is 0. The van der Waals surface area contributed by atoms with E-state index < -0.39 is 0 Å². The zero-order chi connectivity index (χ0) is 8.23. The van der Waals surface area contributed by atoms with Gasteiger partial charge in [0.25, 0.3) is 0 Å². The topological polar surface area (TPSA) is 31.5 Å². The maximum absolute atomic E-state index is 2.12. The Labute approximate surface area is 106 Å². The van der Waals surface area contributed by atoms with E-state index in [4.69, 9.17) is 0 Å². The first-order chi connectivity index (χ1) is 5.97. The molecule has 0 amide bonds. The Kier molecular flexibility index (Phi) is 6.50. The molecule has 0 unspecified atom stereocenters. The number of hydrogen-bond acceptors (Lipinski definition) is 0. The van der Waals surface area contributed by atoms with Gasteiger partial charge in [-0.25, -0.2) is 0 Å². The first kappa shape index (κ1) is 13.4. The number of hydrogen-bond donors (Lipinski definition) is 0. The van der Waals surface area contributed by atoms with Gasteiger partial charge in [0.05, 0.1) is 0 Å². The van der Waals surface area contributed by atoms with Gasteiger partial charge in [0.1, 0.15) is 0 Å². The maximum atomic E-state index is 2.12. The van der Waals surface area contributed by atoms with Gasteiger partial charge in [0.2, 0.25) is 0 Å². The van der Waals surface area contributed by atoms with Crippen LogP contribution in [0.5, 0.6) is 0 Å². The van der Waals surface area contributed by atoms with E-state index in [0.29, 0.717) is 0 Å². The quantitative estimate of drug-likeness (QED) is 0.624. The van der Waals surface area contributed by atoms with Crippen molar-refractivity contribution in [3.05, 3.63) is 60.7 Å². The van der Waals surface area contributed by atoms with Crippen molar-refractivity contribution in [2.24, 2.45) is 0 Å². The van der Waals surface area contributed by atoms with Gasteiger partial charge < -0.3 is 5.48 Å². The van der Waals surface area contributed by atoms with Crippen LogP contribution in [0.3, 0.4) is 0 Å². The molecular weight excluding hydrogens is 183 g/mol. The van der Waals surface area contributed by atoms with Gasteiger partial charge in [-0.2, -0.15) is 0 Å². The van der Waals surface area contributed by atoms with Crippen LogP contribution in [0.1, 0.15) is 0 Å². The van der Waals surface area contributed by atoms with Gasteiger partial charge in [0, 0.05) is 0 Å². The number of benzene rings is 2. The predicted octanol–water partition coefficient (Wildman–Crippen LogP) is 1.88. The van der Waals surface area contributed by atoms with E-state index >= 15 is 0 Å². The molecule has 14 heavy (non-hydrogen) atoms. The van der Waals surface area contributed by atoms with Crippen molar-refractivity contribution in [1.29, 1.82) is 0 Å². The van der Waals surface area contributed by atoms with Gasteiger partial charge in [-0.3, -0.25) is 0 Å². The van der Waals surface area contributed by atoms with Crippen LogP contribution in [-0.2, 0) is 0 Å². The second-order valence-corrected chi connectivity index (χ2v) is 2.73. The van der Waals surface area contributed by atoms with Crippen LogP contribution in [0, 0.1) is 0 Å². The monoisotopic (exact) mass is 196 g/mol. The molecule has 0 spiro atoms. The largest absolute Gasteiger partial charge is 0.0622 e. The summed E-state index contributed by atoms with van der Waals surface area (Å²) in [6.45, 7) is 0. The molecule has 0 aromatic heterocycles. The normalized spacial score (nSPS) is 8.29. The summed E-state index contributed by atoms with van der Waals surface area (Å²) in [6.07, 6.45) is 0. The zero-order valence-corrected chi connectivity index (χ0v) is 7.27. The molecule has 2 N–H and O–H groups in total. The van der Waals surface area contributed by atoms with Gasteiger partial charge >= 0.3 is 29.6 Å². The SMILES string of the molecule is O.[NaH].c1ccc(-c2ccccc2)cc1. The van der Waals surface area contributed by atoms with E-state index in [9.17, 15) is 0 Å². The predicted molar refractivity (Wildman–Crippen MR) is 62.6 cm³/mol. The third kappa shape index (κ3) is 3.28. The third-order valence-corrected chi connectivity index (χ3v) is 1.88. The van der Waals surface area contributed by atoms with E-state index in [1.165, 1.54) is 11.1 Å². The molecule has 0 aliphatic heterocycles. The fourth-order valence-corrected chi connectivity index (χ4v) is 1.26. The second-order valence-electron chi connectivity index (χ2n) is 2.73. The molecule has 0 heterocycles. The van der Waals surface area contributed by atoms with Crippen LogP contribution in [0.15, 0.2) is 60.7 Å². The summed E-state index contributed by atoms with van der Waals surface area (Å²) in [4.78, 5) is 0. The van der Waals surface area contributed by atoms with E-state index in [1.807, 2.05) is 12.1 Å². The van der Waals surface area contributed by atoms with Gasteiger partial charge in [-0.15, -0.1) is 0 Å². The maximum Gasteiger partial charge on any atom is -0.0184 e. The Bertz CT molecular complexity index is 308.